The van der Waals surface area contributed by atoms with E-state index in [2.05, 4.69) is 10.2 Å². The predicted octanol–water partition coefficient (Wildman–Crippen LogP) is 3.19. The molecule has 2 heterocycles. The summed E-state index contributed by atoms with van der Waals surface area (Å²) in [5, 5.41) is 8.15. The van der Waals surface area contributed by atoms with E-state index in [-0.39, 0.29) is 25.0 Å². The first-order chi connectivity index (χ1) is 12.0. The lowest BCUT2D eigenvalue weighted by molar-refractivity contribution is -0.139. The molecule has 2 aromatic rings. The number of halogens is 3. The minimum atomic E-state index is -4.75. The average Bonchev–Trinajstić information content (AvgIpc) is 2.99. The minimum absolute atomic E-state index is 0.0548. The van der Waals surface area contributed by atoms with Crippen molar-refractivity contribution in [3.63, 3.8) is 0 Å². The van der Waals surface area contributed by atoms with Gasteiger partial charge in [-0.3, -0.25) is 0 Å². The van der Waals surface area contributed by atoms with E-state index < -0.39 is 26.7 Å². The molecule has 6 nitrogen and oxygen atoms in total. The Morgan fingerprint density at radius 2 is 1.85 bits per heavy atom. The van der Waals surface area contributed by atoms with Crippen LogP contribution in [0.5, 0.6) is 0 Å². The van der Waals surface area contributed by atoms with Crippen molar-refractivity contribution in [2.75, 3.05) is 6.54 Å². The first kappa shape index (κ1) is 18.8. The second-order valence-electron chi connectivity index (χ2n) is 6.64. The van der Waals surface area contributed by atoms with Gasteiger partial charge in [0, 0.05) is 18.5 Å². The van der Waals surface area contributed by atoms with E-state index in [9.17, 15) is 21.6 Å². The summed E-state index contributed by atoms with van der Waals surface area (Å²) in [5.41, 5.74) is -1.16. The van der Waals surface area contributed by atoms with Crippen LogP contribution in [0.15, 0.2) is 29.2 Å². The van der Waals surface area contributed by atoms with Gasteiger partial charge in [-0.2, -0.15) is 17.5 Å². The molecule has 1 atom stereocenters. The summed E-state index contributed by atoms with van der Waals surface area (Å²) >= 11 is 0. The molecule has 142 valence electrons. The molecule has 0 saturated carbocycles. The summed E-state index contributed by atoms with van der Waals surface area (Å²) in [5.74, 6) is 1.27. The van der Waals surface area contributed by atoms with E-state index in [1.54, 1.807) is 6.92 Å². The summed E-state index contributed by atoms with van der Waals surface area (Å²) < 4.78 is 68.5. The van der Waals surface area contributed by atoms with Crippen molar-refractivity contribution in [3.8, 4) is 0 Å². The van der Waals surface area contributed by atoms with Crippen LogP contribution in [0.25, 0.3) is 0 Å². The van der Waals surface area contributed by atoms with E-state index in [1.807, 2.05) is 18.4 Å². The number of rotatable bonds is 3. The molecule has 0 unspecified atom stereocenters. The Hall–Kier alpha value is -1.94. The second kappa shape index (κ2) is 6.34. The lowest BCUT2D eigenvalue weighted by Crippen LogP contribution is -2.41. The smallest absolute Gasteiger partial charge is 0.309 e. The molecule has 0 amide bonds. The van der Waals surface area contributed by atoms with Crippen LogP contribution >= 0.6 is 0 Å². The Morgan fingerprint density at radius 1 is 1.19 bits per heavy atom. The number of aromatic nitrogens is 3. The molecule has 0 N–H and O–H groups in total. The number of benzene rings is 1. The first-order valence-electron chi connectivity index (χ1n) is 8.13. The van der Waals surface area contributed by atoms with Crippen LogP contribution in [0.4, 0.5) is 13.2 Å². The second-order valence-corrected chi connectivity index (χ2v) is 8.55. The summed E-state index contributed by atoms with van der Waals surface area (Å²) in [6.45, 7) is 5.65. The summed E-state index contributed by atoms with van der Waals surface area (Å²) in [6, 6.07) is 3.95. The quantitative estimate of drug-likeness (QED) is 0.810. The summed E-state index contributed by atoms with van der Waals surface area (Å²) in [6.07, 6.45) is -4.75. The van der Waals surface area contributed by atoms with E-state index in [4.69, 9.17) is 0 Å². The Labute approximate surface area is 149 Å². The van der Waals surface area contributed by atoms with E-state index in [0.717, 1.165) is 22.3 Å². The van der Waals surface area contributed by atoms with Crippen LogP contribution in [0.3, 0.4) is 0 Å². The molecule has 0 radical (unpaired) electrons. The molecule has 3 rings (SSSR count). The highest BCUT2D eigenvalue weighted by molar-refractivity contribution is 7.89. The van der Waals surface area contributed by atoms with Gasteiger partial charge >= 0.3 is 6.18 Å². The van der Waals surface area contributed by atoms with Gasteiger partial charge in [-0.15, -0.1) is 10.2 Å². The van der Waals surface area contributed by atoms with Gasteiger partial charge in [-0.1, -0.05) is 26.0 Å². The predicted molar refractivity (Wildman–Crippen MR) is 87.9 cm³/mol. The van der Waals surface area contributed by atoms with Gasteiger partial charge in [-0.05, 0) is 19.1 Å². The fourth-order valence-electron chi connectivity index (χ4n) is 3.17. The molecule has 0 fully saturated rings. The van der Waals surface area contributed by atoms with Gasteiger partial charge in [0.1, 0.15) is 11.6 Å². The van der Waals surface area contributed by atoms with E-state index in [1.165, 1.54) is 12.1 Å². The number of fused-ring (bicyclic) bond motifs is 1. The van der Waals surface area contributed by atoms with Crippen molar-refractivity contribution in [2.24, 2.45) is 0 Å². The van der Waals surface area contributed by atoms with Crippen molar-refractivity contribution in [1.82, 2.24) is 19.1 Å². The highest BCUT2D eigenvalue weighted by Gasteiger charge is 2.41. The molecule has 1 aromatic carbocycles. The van der Waals surface area contributed by atoms with Crippen molar-refractivity contribution in [3.05, 3.63) is 41.5 Å². The molecule has 1 aromatic heterocycles. The molecule has 10 heteroatoms. The van der Waals surface area contributed by atoms with E-state index >= 15 is 0 Å². The van der Waals surface area contributed by atoms with Crippen LogP contribution in [0.1, 0.15) is 49.9 Å². The maximum Gasteiger partial charge on any atom is 0.417 e. The topological polar surface area (TPSA) is 68.1 Å². The van der Waals surface area contributed by atoms with E-state index in [0.29, 0.717) is 5.82 Å². The zero-order valence-electron chi connectivity index (χ0n) is 14.5. The molecule has 1 aliphatic heterocycles. The molecule has 1 aliphatic rings. The third-order valence-electron chi connectivity index (χ3n) is 4.35. The van der Waals surface area contributed by atoms with Gasteiger partial charge < -0.3 is 4.57 Å². The van der Waals surface area contributed by atoms with Crippen molar-refractivity contribution in [2.45, 2.75) is 50.3 Å². The highest BCUT2D eigenvalue weighted by Crippen LogP contribution is 2.36. The third-order valence-corrected chi connectivity index (χ3v) is 6.22. The van der Waals surface area contributed by atoms with Gasteiger partial charge in [-0.25, -0.2) is 8.42 Å². The molecule has 26 heavy (non-hydrogen) atoms. The monoisotopic (exact) mass is 388 g/mol. The summed E-state index contributed by atoms with van der Waals surface area (Å²) in [4.78, 5) is -0.739. The SMILES string of the molecule is CC(C)c1nnc2n1[C@@H](C)CN(S(=O)(=O)c1ccccc1C(F)(F)F)C2. The maximum absolute atomic E-state index is 13.2. The molecular formula is C16H19F3N4O2S. The number of nitrogens with zero attached hydrogens (tertiary/aromatic N) is 4. The minimum Gasteiger partial charge on any atom is -0.309 e. The molecule has 0 spiro atoms. The lowest BCUT2D eigenvalue weighted by atomic mass is 10.1. The summed E-state index contributed by atoms with van der Waals surface area (Å²) in [7, 11) is -4.33. The largest absolute Gasteiger partial charge is 0.417 e. The molecule has 0 bridgehead atoms. The maximum atomic E-state index is 13.2. The fourth-order valence-corrected chi connectivity index (χ4v) is 4.85. The van der Waals surface area contributed by atoms with Crippen LogP contribution in [0, 0.1) is 0 Å². The standard InChI is InChI=1S/C16H19F3N4O2S/c1-10(2)15-21-20-14-9-22(8-11(3)23(14)15)26(24,25)13-7-5-4-6-12(13)16(17,18)19/h4-7,10-11H,8-9H2,1-3H3/t11-/m0/s1. The van der Waals surface area contributed by atoms with Gasteiger partial charge in [0.05, 0.1) is 17.0 Å². The van der Waals surface area contributed by atoms with Crippen LogP contribution in [0.2, 0.25) is 0 Å². The van der Waals surface area contributed by atoms with Crippen LogP contribution in [-0.4, -0.2) is 34.0 Å². The Kier molecular flexibility index (Phi) is 4.60. The van der Waals surface area contributed by atoms with Gasteiger partial charge in [0.2, 0.25) is 10.0 Å². The Bertz CT molecular complexity index is 922. The van der Waals surface area contributed by atoms with Gasteiger partial charge in [0.25, 0.3) is 0 Å². The number of hydrogen-bond donors (Lipinski definition) is 0. The normalized spacial score (nSPS) is 19.0. The molecular weight excluding hydrogens is 369 g/mol. The zero-order valence-corrected chi connectivity index (χ0v) is 15.3. The van der Waals surface area contributed by atoms with Crippen molar-refractivity contribution in [1.29, 1.82) is 0 Å². The Morgan fingerprint density at radius 3 is 2.46 bits per heavy atom. The number of alkyl halides is 3. The number of sulfonamides is 1. The van der Waals surface area contributed by atoms with Crippen molar-refractivity contribution >= 4 is 10.0 Å². The highest BCUT2D eigenvalue weighted by atomic mass is 32.2. The lowest BCUT2D eigenvalue weighted by Gasteiger charge is -2.32. The fraction of sp³-hybridized carbons (Fsp3) is 0.500. The zero-order chi connectivity index (χ0) is 19.3. The first-order valence-corrected chi connectivity index (χ1v) is 9.57. The molecule has 0 saturated heterocycles. The Balaban J connectivity index is 2.03. The van der Waals surface area contributed by atoms with Gasteiger partial charge in [0.15, 0.2) is 0 Å². The average molecular weight is 388 g/mol. The van der Waals surface area contributed by atoms with Crippen LogP contribution < -0.4 is 0 Å². The van der Waals surface area contributed by atoms with Crippen LogP contribution in [-0.2, 0) is 22.7 Å². The van der Waals surface area contributed by atoms with Crippen molar-refractivity contribution < 1.29 is 21.6 Å². The number of hydrogen-bond acceptors (Lipinski definition) is 4. The molecule has 0 aliphatic carbocycles. The third kappa shape index (κ3) is 3.11.